The highest BCUT2D eigenvalue weighted by molar-refractivity contribution is 7.66. The number of H-pyrrole nitrogens is 1. The molecule has 17 nitrogen and oxygen atoms in total. The van der Waals surface area contributed by atoms with Crippen LogP contribution >= 0.6 is 23.5 Å². The van der Waals surface area contributed by atoms with E-state index >= 15 is 0 Å². The fourth-order valence-electron chi connectivity index (χ4n) is 2.62. The van der Waals surface area contributed by atoms with E-state index in [9.17, 15) is 33.3 Å². The minimum absolute atomic E-state index is 0.0971. The van der Waals surface area contributed by atoms with Crippen molar-refractivity contribution in [2.45, 2.75) is 37.7 Å². The van der Waals surface area contributed by atoms with Crippen molar-refractivity contribution in [1.82, 2.24) is 9.55 Å². The first kappa shape index (κ1) is 28.8. The molecule has 20 heteroatoms. The largest absolute Gasteiger partial charge is 0.490 e. The van der Waals surface area contributed by atoms with Crippen LogP contribution in [0.5, 0.6) is 0 Å². The number of aromatic nitrogens is 2. The van der Waals surface area contributed by atoms with Crippen molar-refractivity contribution >= 4 is 23.5 Å². The summed E-state index contributed by atoms with van der Waals surface area (Å²) in [6.07, 6.45) is -2.42. The van der Waals surface area contributed by atoms with Crippen LogP contribution in [0.4, 0.5) is 0 Å². The number of aliphatic hydroxyl groups is 2. The third kappa shape index (κ3) is 8.95. The number of unbranched alkanes of at least 4 members (excludes halogenated alkanes) is 1. The SMILES string of the molecule is O=c1[nH]c(=O)n([C@H]2C[C@H](O)[C@@H](COP(=O)(O)OP(=O)(O)OP(=O)(O)O)O2)cc1C#CCCCO. The van der Waals surface area contributed by atoms with Gasteiger partial charge in [0, 0.05) is 25.6 Å². The van der Waals surface area contributed by atoms with Crippen LogP contribution in [0.15, 0.2) is 15.8 Å². The molecule has 2 rings (SSSR count). The number of aromatic amines is 1. The number of hydrogen-bond acceptors (Lipinski definition) is 11. The first-order chi connectivity index (χ1) is 15.6. The van der Waals surface area contributed by atoms with Crippen LogP contribution in [0, 0.1) is 11.8 Å². The smallest absolute Gasteiger partial charge is 0.396 e. The predicted molar refractivity (Wildman–Crippen MR) is 109 cm³/mol. The van der Waals surface area contributed by atoms with Gasteiger partial charge < -0.3 is 34.5 Å². The lowest BCUT2D eigenvalue weighted by molar-refractivity contribution is -0.0450. The molecule has 1 aromatic heterocycles. The van der Waals surface area contributed by atoms with Crippen molar-refractivity contribution in [3.63, 3.8) is 0 Å². The second kappa shape index (κ2) is 11.5. The molecular weight excluding hydrogens is 529 g/mol. The Labute approximate surface area is 190 Å². The van der Waals surface area contributed by atoms with Crippen molar-refractivity contribution in [3.8, 4) is 11.8 Å². The minimum atomic E-state index is -5.71. The van der Waals surface area contributed by atoms with Gasteiger partial charge in [-0.25, -0.2) is 18.5 Å². The molecule has 5 atom stereocenters. The average molecular weight is 550 g/mol. The van der Waals surface area contributed by atoms with Gasteiger partial charge >= 0.3 is 29.2 Å². The molecule has 1 aliphatic rings. The summed E-state index contributed by atoms with van der Waals surface area (Å²) in [6.45, 7) is -1.02. The highest BCUT2D eigenvalue weighted by Crippen LogP contribution is 2.66. The molecule has 34 heavy (non-hydrogen) atoms. The number of hydrogen-bond donors (Lipinski definition) is 7. The summed E-state index contributed by atoms with van der Waals surface area (Å²) in [5.74, 6) is 5.17. The Morgan fingerprint density at radius 3 is 2.44 bits per heavy atom. The average Bonchev–Trinajstić information content (AvgIpc) is 3.02. The van der Waals surface area contributed by atoms with Crippen LogP contribution in [0.3, 0.4) is 0 Å². The molecular formula is C14H21N2O15P3. The monoisotopic (exact) mass is 550 g/mol. The normalized spacial score (nSPS) is 24.1. The van der Waals surface area contributed by atoms with Gasteiger partial charge in [0.2, 0.25) is 0 Å². The Morgan fingerprint density at radius 2 is 1.82 bits per heavy atom. The number of phosphoric acid groups is 3. The summed E-state index contributed by atoms with van der Waals surface area (Å²) in [7, 11) is -16.7. The zero-order valence-corrected chi connectivity index (χ0v) is 19.7. The molecule has 0 bridgehead atoms. The molecule has 0 saturated carbocycles. The lowest BCUT2D eigenvalue weighted by Gasteiger charge is -2.19. The Bertz CT molecular complexity index is 1190. The van der Waals surface area contributed by atoms with Gasteiger partial charge in [-0.15, -0.1) is 0 Å². The predicted octanol–water partition coefficient (Wildman–Crippen LogP) is -1.35. The molecule has 0 radical (unpaired) electrons. The van der Waals surface area contributed by atoms with E-state index in [1.165, 1.54) is 0 Å². The van der Waals surface area contributed by atoms with E-state index in [2.05, 4.69) is 25.0 Å². The Balaban J connectivity index is 2.08. The van der Waals surface area contributed by atoms with Gasteiger partial charge in [0.25, 0.3) is 5.56 Å². The van der Waals surface area contributed by atoms with Crippen LogP contribution in [0.1, 0.15) is 31.1 Å². The molecule has 2 unspecified atom stereocenters. The van der Waals surface area contributed by atoms with Gasteiger partial charge in [0.05, 0.1) is 12.7 Å². The van der Waals surface area contributed by atoms with Gasteiger partial charge in [-0.2, -0.15) is 8.62 Å². The lowest BCUT2D eigenvalue weighted by atomic mass is 10.2. The van der Waals surface area contributed by atoms with Gasteiger partial charge in [-0.3, -0.25) is 18.9 Å². The van der Waals surface area contributed by atoms with E-state index < -0.39 is 59.8 Å². The van der Waals surface area contributed by atoms with Crippen molar-refractivity contribution in [2.75, 3.05) is 13.2 Å². The summed E-state index contributed by atoms with van der Waals surface area (Å²) < 4.78 is 51.6. The maximum absolute atomic E-state index is 12.1. The van der Waals surface area contributed by atoms with Gasteiger partial charge in [-0.05, 0) is 6.42 Å². The molecule has 0 amide bonds. The zero-order chi connectivity index (χ0) is 25.7. The number of phosphoric ester groups is 1. The molecule has 192 valence electrons. The van der Waals surface area contributed by atoms with Crippen LogP contribution in [-0.2, 0) is 31.6 Å². The summed E-state index contributed by atoms with van der Waals surface area (Å²) >= 11 is 0. The maximum atomic E-state index is 12.1. The first-order valence-electron chi connectivity index (χ1n) is 9.19. The van der Waals surface area contributed by atoms with Crippen LogP contribution < -0.4 is 11.2 Å². The summed E-state index contributed by atoms with van der Waals surface area (Å²) in [6, 6.07) is 0. The molecule has 0 spiro atoms. The maximum Gasteiger partial charge on any atom is 0.490 e. The van der Waals surface area contributed by atoms with E-state index in [0.717, 1.165) is 10.8 Å². The number of rotatable bonds is 10. The fraction of sp³-hybridized carbons (Fsp3) is 0.571. The van der Waals surface area contributed by atoms with E-state index in [-0.39, 0.29) is 25.0 Å². The van der Waals surface area contributed by atoms with Crippen molar-refractivity contribution in [2.24, 2.45) is 0 Å². The fourth-order valence-corrected chi connectivity index (χ4v) is 5.65. The number of ether oxygens (including phenoxy) is 1. The Morgan fingerprint density at radius 1 is 1.15 bits per heavy atom. The van der Waals surface area contributed by atoms with E-state index in [0.29, 0.717) is 6.42 Å². The number of nitrogens with zero attached hydrogens (tertiary/aromatic N) is 1. The molecule has 0 aliphatic carbocycles. The minimum Gasteiger partial charge on any atom is -0.396 e. The van der Waals surface area contributed by atoms with Crippen LogP contribution in [0.2, 0.25) is 0 Å². The first-order valence-corrected chi connectivity index (χ1v) is 13.7. The highest BCUT2D eigenvalue weighted by Gasteiger charge is 2.43. The molecule has 1 aromatic rings. The van der Waals surface area contributed by atoms with Crippen LogP contribution in [0.25, 0.3) is 0 Å². The molecule has 0 aromatic carbocycles. The Kier molecular flexibility index (Phi) is 9.74. The molecule has 7 N–H and O–H groups in total. The summed E-state index contributed by atoms with van der Waals surface area (Å²) in [4.78, 5) is 61.7. The summed E-state index contributed by atoms with van der Waals surface area (Å²) in [5, 5.41) is 18.9. The molecule has 2 heterocycles. The third-order valence-corrected chi connectivity index (χ3v) is 7.79. The quantitative estimate of drug-likeness (QED) is 0.101. The van der Waals surface area contributed by atoms with Crippen LogP contribution in [-0.4, -0.2) is 64.8 Å². The van der Waals surface area contributed by atoms with Gasteiger partial charge in [0.15, 0.2) is 0 Å². The van der Waals surface area contributed by atoms with Crippen molar-refractivity contribution in [3.05, 3.63) is 32.6 Å². The zero-order valence-electron chi connectivity index (χ0n) is 17.0. The second-order valence-electron chi connectivity index (χ2n) is 6.66. The molecule has 1 aliphatic heterocycles. The third-order valence-electron chi connectivity index (χ3n) is 3.98. The van der Waals surface area contributed by atoms with Crippen molar-refractivity contribution < 1.29 is 61.4 Å². The van der Waals surface area contributed by atoms with E-state index in [1.807, 2.05) is 4.98 Å². The number of nitrogens with one attached hydrogen (secondary N) is 1. The topological polar surface area (TPSA) is 264 Å². The van der Waals surface area contributed by atoms with Crippen molar-refractivity contribution in [1.29, 1.82) is 0 Å². The molecule has 1 saturated heterocycles. The lowest BCUT2D eigenvalue weighted by Crippen LogP contribution is -2.33. The highest BCUT2D eigenvalue weighted by atomic mass is 31.3. The second-order valence-corrected chi connectivity index (χ2v) is 11.1. The van der Waals surface area contributed by atoms with Gasteiger partial charge in [-0.1, -0.05) is 11.8 Å². The van der Waals surface area contributed by atoms with E-state index in [1.54, 1.807) is 0 Å². The standard InChI is InChI=1S/C14H21N2O15P3/c17-5-3-1-2-4-9-7-16(14(20)15-13(9)19)12-6-10(18)11(29-12)8-28-33(24,25)31-34(26,27)30-32(21,22)23/h7,10-12,17-18H,1,3,5-6,8H2,(H,24,25)(H,26,27)(H,15,19,20)(H2,21,22,23)/t10-,11+,12+/m0/s1. The van der Waals surface area contributed by atoms with Gasteiger partial charge in [0.1, 0.15) is 17.9 Å². The van der Waals surface area contributed by atoms with E-state index in [4.69, 9.17) is 24.5 Å². The molecule has 1 fully saturated rings. The summed E-state index contributed by atoms with van der Waals surface area (Å²) in [5.41, 5.74) is -1.79. The Hall–Kier alpha value is -1.47. The number of aliphatic hydroxyl groups excluding tert-OH is 2.